The van der Waals surface area contributed by atoms with E-state index in [0.717, 1.165) is 4.88 Å². The van der Waals surface area contributed by atoms with Crippen molar-refractivity contribution in [3.63, 3.8) is 0 Å². The highest BCUT2D eigenvalue weighted by molar-refractivity contribution is 7.80. The van der Waals surface area contributed by atoms with Crippen LogP contribution < -0.4 is 11.1 Å². The quantitative estimate of drug-likeness (QED) is 0.819. The molecule has 7 heteroatoms. The van der Waals surface area contributed by atoms with E-state index in [1.165, 1.54) is 17.5 Å². The molecule has 0 spiro atoms. The van der Waals surface area contributed by atoms with Crippen LogP contribution in [0.2, 0.25) is 0 Å². The van der Waals surface area contributed by atoms with E-state index in [4.69, 9.17) is 18.0 Å². The van der Waals surface area contributed by atoms with Gasteiger partial charge in [-0.05, 0) is 12.1 Å². The molecule has 0 aliphatic heterocycles. The number of carbonyl (C=O) groups excluding carboxylic acids is 1. The number of hydrogen-bond donors (Lipinski definition) is 2. The number of nitrogens with one attached hydrogen (secondary N) is 1. The van der Waals surface area contributed by atoms with Gasteiger partial charge in [0.05, 0.1) is 12.1 Å². The van der Waals surface area contributed by atoms with Crippen LogP contribution in [0.25, 0.3) is 0 Å². The van der Waals surface area contributed by atoms with Gasteiger partial charge in [0.2, 0.25) is 0 Å². The Balaban J connectivity index is 1.98. The number of thiocarbonyl (C=S) groups is 1. The lowest BCUT2D eigenvalue weighted by Gasteiger charge is -2.03. The molecule has 0 radical (unpaired) electrons. The van der Waals surface area contributed by atoms with Crippen molar-refractivity contribution in [3.8, 4) is 0 Å². The van der Waals surface area contributed by atoms with Crippen molar-refractivity contribution in [1.29, 1.82) is 0 Å². The van der Waals surface area contributed by atoms with E-state index in [1.54, 1.807) is 23.8 Å². The Kier molecular flexibility index (Phi) is 3.96. The number of aromatic nitrogens is 2. The van der Waals surface area contributed by atoms with Gasteiger partial charge in [0.15, 0.2) is 0 Å². The van der Waals surface area contributed by atoms with Gasteiger partial charge in [0, 0.05) is 22.8 Å². The second kappa shape index (κ2) is 5.65. The normalized spacial score (nSPS) is 10.0. The first kappa shape index (κ1) is 12.6. The predicted octanol–water partition coefficient (Wildman–Crippen LogP) is 1.10. The first-order valence-electron chi connectivity index (χ1n) is 5.08. The van der Waals surface area contributed by atoms with E-state index in [9.17, 15) is 4.79 Å². The van der Waals surface area contributed by atoms with Crippen LogP contribution in [0.1, 0.15) is 20.9 Å². The van der Waals surface area contributed by atoms with Crippen molar-refractivity contribution < 1.29 is 4.79 Å². The molecular formula is C11H10N4OS2. The Labute approximate surface area is 113 Å². The zero-order chi connectivity index (χ0) is 13.0. The van der Waals surface area contributed by atoms with Gasteiger partial charge in [-0.25, -0.2) is 0 Å². The van der Waals surface area contributed by atoms with Crippen LogP contribution in [0.4, 0.5) is 0 Å². The van der Waals surface area contributed by atoms with Crippen molar-refractivity contribution in [2.75, 3.05) is 0 Å². The number of hydrogen-bond acceptors (Lipinski definition) is 5. The predicted molar refractivity (Wildman–Crippen MR) is 73.4 cm³/mol. The van der Waals surface area contributed by atoms with Crippen LogP contribution in [-0.4, -0.2) is 20.9 Å². The molecule has 2 heterocycles. The number of pyridine rings is 1. The third-order valence-electron chi connectivity index (χ3n) is 2.19. The summed E-state index contributed by atoms with van der Waals surface area (Å²) in [5.41, 5.74) is 8.14. The summed E-state index contributed by atoms with van der Waals surface area (Å²) in [5.74, 6) is -0.238. The van der Waals surface area contributed by atoms with Gasteiger partial charge >= 0.3 is 0 Å². The summed E-state index contributed by atoms with van der Waals surface area (Å²) >= 11 is 6.29. The molecule has 1 amide bonds. The third kappa shape index (κ3) is 3.08. The summed E-state index contributed by atoms with van der Waals surface area (Å²) in [6.45, 7) is 0.447. The molecule has 0 fully saturated rings. The molecule has 0 aromatic carbocycles. The van der Waals surface area contributed by atoms with Gasteiger partial charge in [-0.1, -0.05) is 12.2 Å². The second-order valence-corrected chi connectivity index (χ2v) is 4.86. The van der Waals surface area contributed by atoms with Crippen molar-refractivity contribution in [2.24, 2.45) is 5.73 Å². The number of amides is 1. The minimum absolute atomic E-state index is 0.238. The van der Waals surface area contributed by atoms with Gasteiger partial charge in [-0.2, -0.15) is 0 Å². The summed E-state index contributed by atoms with van der Waals surface area (Å²) in [6.07, 6.45) is 3.21. The lowest BCUT2D eigenvalue weighted by atomic mass is 10.2. The molecule has 2 aromatic heterocycles. The first-order valence-corrected chi connectivity index (χ1v) is 6.37. The molecule has 0 unspecified atom stereocenters. The van der Waals surface area contributed by atoms with Crippen molar-refractivity contribution in [3.05, 3.63) is 46.2 Å². The number of nitrogens with zero attached hydrogens (tertiary/aromatic N) is 2. The maximum Gasteiger partial charge on any atom is 0.270 e. The molecule has 3 N–H and O–H groups in total. The van der Waals surface area contributed by atoms with E-state index in [1.807, 2.05) is 0 Å². The topological polar surface area (TPSA) is 80.9 Å². The number of carbonyl (C=O) groups is 1. The van der Waals surface area contributed by atoms with Crippen LogP contribution in [0.15, 0.2) is 30.0 Å². The Morgan fingerprint density at radius 2 is 2.28 bits per heavy atom. The van der Waals surface area contributed by atoms with Gasteiger partial charge in [-0.15, -0.1) is 11.3 Å². The Morgan fingerprint density at radius 1 is 1.44 bits per heavy atom. The fourth-order valence-electron chi connectivity index (χ4n) is 1.26. The fourth-order valence-corrected chi connectivity index (χ4v) is 1.92. The number of nitrogens with two attached hydrogens (primary N) is 1. The average molecular weight is 278 g/mol. The van der Waals surface area contributed by atoms with Crippen LogP contribution in [-0.2, 0) is 6.54 Å². The van der Waals surface area contributed by atoms with E-state index >= 15 is 0 Å². The molecule has 0 bridgehead atoms. The Bertz CT molecular complexity index is 551. The molecule has 0 aliphatic carbocycles. The van der Waals surface area contributed by atoms with Crippen molar-refractivity contribution in [1.82, 2.24) is 15.3 Å². The molecule has 5 nitrogen and oxygen atoms in total. The minimum atomic E-state index is -0.238. The molecule has 0 atom stereocenters. The smallest absolute Gasteiger partial charge is 0.270 e. The Morgan fingerprint density at radius 3 is 2.83 bits per heavy atom. The minimum Gasteiger partial charge on any atom is -0.389 e. The first-order chi connectivity index (χ1) is 8.66. The highest BCUT2D eigenvalue weighted by atomic mass is 32.1. The summed E-state index contributed by atoms with van der Waals surface area (Å²) in [5, 5.41) is 2.75. The highest BCUT2D eigenvalue weighted by Crippen LogP contribution is 2.05. The molecule has 18 heavy (non-hydrogen) atoms. The maximum atomic E-state index is 11.8. The van der Waals surface area contributed by atoms with Gasteiger partial charge < -0.3 is 11.1 Å². The summed E-state index contributed by atoms with van der Waals surface area (Å²) in [6, 6.07) is 3.27. The number of thiazole rings is 1. The van der Waals surface area contributed by atoms with Crippen molar-refractivity contribution in [2.45, 2.75) is 6.54 Å². The second-order valence-electron chi connectivity index (χ2n) is 3.45. The fraction of sp³-hybridized carbons (Fsp3) is 0.0909. The largest absolute Gasteiger partial charge is 0.389 e. The zero-order valence-corrected chi connectivity index (χ0v) is 10.9. The summed E-state index contributed by atoms with van der Waals surface area (Å²) in [7, 11) is 0. The summed E-state index contributed by atoms with van der Waals surface area (Å²) < 4.78 is 0. The maximum absolute atomic E-state index is 11.8. The lowest BCUT2D eigenvalue weighted by molar-refractivity contribution is 0.0946. The SMILES string of the molecule is NC(=S)c1ccc(C(=O)NCc2cncs2)nc1. The highest BCUT2D eigenvalue weighted by Gasteiger charge is 2.07. The summed E-state index contributed by atoms with van der Waals surface area (Å²) in [4.78, 5) is 21.0. The van der Waals surface area contributed by atoms with E-state index in [0.29, 0.717) is 17.8 Å². The Hall–Kier alpha value is -1.86. The molecule has 92 valence electrons. The van der Waals surface area contributed by atoms with E-state index in [-0.39, 0.29) is 10.9 Å². The van der Waals surface area contributed by atoms with Crippen LogP contribution in [0.3, 0.4) is 0 Å². The molecule has 2 aromatic rings. The molecule has 0 saturated carbocycles. The van der Waals surface area contributed by atoms with Crippen LogP contribution in [0.5, 0.6) is 0 Å². The van der Waals surface area contributed by atoms with Gasteiger partial charge in [-0.3, -0.25) is 14.8 Å². The standard InChI is InChI=1S/C11H10N4OS2/c12-10(17)7-1-2-9(14-3-7)11(16)15-5-8-4-13-6-18-8/h1-4,6H,5H2,(H2,12,17)(H,15,16). The van der Waals surface area contributed by atoms with Crippen LogP contribution >= 0.6 is 23.6 Å². The van der Waals surface area contributed by atoms with Crippen molar-refractivity contribution >= 4 is 34.5 Å². The molecule has 2 rings (SSSR count). The molecule has 0 aliphatic rings. The van der Waals surface area contributed by atoms with Gasteiger partial charge in [0.1, 0.15) is 10.7 Å². The van der Waals surface area contributed by atoms with E-state index in [2.05, 4.69) is 15.3 Å². The zero-order valence-electron chi connectivity index (χ0n) is 9.29. The lowest BCUT2D eigenvalue weighted by Crippen LogP contribution is -2.23. The molecule has 0 saturated heterocycles. The number of rotatable bonds is 4. The molecular weight excluding hydrogens is 268 g/mol. The van der Waals surface area contributed by atoms with Gasteiger partial charge in [0.25, 0.3) is 5.91 Å². The average Bonchev–Trinajstić information content (AvgIpc) is 2.89. The third-order valence-corrected chi connectivity index (χ3v) is 3.20. The monoisotopic (exact) mass is 278 g/mol. The van der Waals surface area contributed by atoms with Crippen LogP contribution in [0, 0.1) is 0 Å². The van der Waals surface area contributed by atoms with E-state index < -0.39 is 0 Å².